The van der Waals surface area contributed by atoms with E-state index in [1.807, 2.05) is 12.1 Å². The van der Waals surface area contributed by atoms with E-state index in [9.17, 15) is 4.57 Å². The largest absolute Gasteiger partial charge is 0.417 e. The molecule has 0 saturated carbocycles. The van der Waals surface area contributed by atoms with Gasteiger partial charge in [0.2, 0.25) is 0 Å². The second kappa shape index (κ2) is 6.53. The average molecular weight is 389 g/mol. The van der Waals surface area contributed by atoms with Gasteiger partial charge in [-0.2, -0.15) is 0 Å². The summed E-state index contributed by atoms with van der Waals surface area (Å²) >= 11 is 10.9. The zero-order valence-corrected chi connectivity index (χ0v) is 17.2. The molecule has 0 spiro atoms. The van der Waals surface area contributed by atoms with Crippen LogP contribution in [0, 0.1) is 0 Å². The van der Waals surface area contributed by atoms with Crippen molar-refractivity contribution in [1.29, 1.82) is 0 Å². The lowest BCUT2D eigenvalue weighted by Gasteiger charge is -2.23. The standard InChI is InChI=1S/C18H23Cl2O3P/c1-17(2,3)13-8-7-12-9-14(18(4,5)6)11-16(15(12)10-13)22-23-24(19,20)21/h7-11H,1-6H3. The highest BCUT2D eigenvalue weighted by Gasteiger charge is 2.22. The van der Waals surface area contributed by atoms with Crippen molar-refractivity contribution in [2.45, 2.75) is 52.4 Å². The van der Waals surface area contributed by atoms with Crippen LogP contribution in [0.15, 0.2) is 30.3 Å². The Morgan fingerprint density at radius 1 is 0.875 bits per heavy atom. The summed E-state index contributed by atoms with van der Waals surface area (Å²) in [6, 6.07) is 10.2. The van der Waals surface area contributed by atoms with E-state index in [4.69, 9.17) is 32.0 Å². The minimum absolute atomic E-state index is 0.0106. The third kappa shape index (κ3) is 4.89. The number of fused-ring (bicyclic) bond motifs is 1. The van der Waals surface area contributed by atoms with E-state index < -0.39 is 6.07 Å². The van der Waals surface area contributed by atoms with Crippen molar-refractivity contribution >= 4 is 39.3 Å². The SMILES string of the molecule is CC(C)(C)c1cc(OOP(=O)(Cl)Cl)c2cc(C(C)(C)C)ccc2c1. The number of rotatable bonds is 3. The van der Waals surface area contributed by atoms with Crippen LogP contribution in [0.4, 0.5) is 0 Å². The molecule has 0 fully saturated rings. The van der Waals surface area contributed by atoms with E-state index in [2.05, 4.69) is 59.7 Å². The van der Waals surface area contributed by atoms with Gasteiger partial charge < -0.3 is 4.89 Å². The first-order valence-electron chi connectivity index (χ1n) is 7.72. The van der Waals surface area contributed by atoms with Crippen LogP contribution in [0.25, 0.3) is 10.8 Å². The molecule has 0 aliphatic heterocycles. The molecule has 0 aliphatic carbocycles. The van der Waals surface area contributed by atoms with Gasteiger partial charge in [0.15, 0.2) is 5.75 Å². The summed E-state index contributed by atoms with van der Waals surface area (Å²) in [5, 5.41) is 1.87. The number of hydrogen-bond acceptors (Lipinski definition) is 3. The van der Waals surface area contributed by atoms with E-state index in [0.717, 1.165) is 21.9 Å². The first kappa shape index (κ1) is 19.6. The van der Waals surface area contributed by atoms with E-state index in [1.54, 1.807) is 0 Å². The Morgan fingerprint density at radius 2 is 1.46 bits per heavy atom. The predicted octanol–water partition coefficient (Wildman–Crippen LogP) is 7.33. The topological polar surface area (TPSA) is 35.5 Å². The summed E-state index contributed by atoms with van der Waals surface area (Å²) in [6.45, 7) is 12.7. The van der Waals surface area contributed by atoms with Crippen molar-refractivity contribution in [2.24, 2.45) is 0 Å². The van der Waals surface area contributed by atoms with Gasteiger partial charge in [0, 0.05) is 5.39 Å². The second-order valence-corrected chi connectivity index (χ2v) is 12.2. The van der Waals surface area contributed by atoms with Crippen molar-refractivity contribution in [2.75, 3.05) is 0 Å². The first-order valence-corrected chi connectivity index (χ1v) is 11.2. The molecule has 0 unspecified atom stereocenters. The maximum atomic E-state index is 11.4. The summed E-state index contributed by atoms with van der Waals surface area (Å²) < 4.78 is 16.1. The minimum atomic E-state index is -3.79. The lowest BCUT2D eigenvalue weighted by atomic mass is 9.83. The van der Waals surface area contributed by atoms with E-state index in [0.29, 0.717) is 5.75 Å². The van der Waals surface area contributed by atoms with Gasteiger partial charge in [-0.25, -0.2) is 0 Å². The molecular formula is C18H23Cl2O3P. The first-order chi connectivity index (χ1) is 10.8. The fraction of sp³-hybridized carbons (Fsp3) is 0.444. The van der Waals surface area contributed by atoms with Crippen LogP contribution < -0.4 is 4.89 Å². The van der Waals surface area contributed by atoms with Gasteiger partial charge in [0.05, 0.1) is 0 Å². The average Bonchev–Trinajstić information content (AvgIpc) is 2.41. The molecule has 0 bridgehead atoms. The van der Waals surface area contributed by atoms with E-state index in [1.165, 1.54) is 0 Å². The lowest BCUT2D eigenvalue weighted by molar-refractivity contribution is -0.0891. The number of hydrogen-bond donors (Lipinski definition) is 0. The van der Waals surface area contributed by atoms with Crippen LogP contribution in [-0.2, 0) is 20.1 Å². The van der Waals surface area contributed by atoms with Crippen LogP contribution in [0.3, 0.4) is 0 Å². The maximum Gasteiger partial charge on any atom is 0.417 e. The van der Waals surface area contributed by atoms with Crippen LogP contribution in [-0.4, -0.2) is 0 Å². The van der Waals surface area contributed by atoms with Crippen LogP contribution in [0.2, 0.25) is 0 Å². The zero-order chi connectivity index (χ0) is 18.3. The molecule has 3 nitrogen and oxygen atoms in total. The van der Waals surface area contributed by atoms with Crippen molar-refractivity contribution in [3.8, 4) is 5.75 Å². The number of benzene rings is 2. The van der Waals surface area contributed by atoms with Gasteiger partial charge >= 0.3 is 6.07 Å². The van der Waals surface area contributed by atoms with Gasteiger partial charge in [0.1, 0.15) is 0 Å². The monoisotopic (exact) mass is 388 g/mol. The Bertz CT molecular complexity index is 798. The summed E-state index contributed by atoms with van der Waals surface area (Å²) in [7, 11) is 0. The Morgan fingerprint density at radius 3 is 1.96 bits per heavy atom. The van der Waals surface area contributed by atoms with Crippen LogP contribution >= 0.6 is 28.6 Å². The van der Waals surface area contributed by atoms with Crippen LogP contribution in [0.5, 0.6) is 5.75 Å². The fourth-order valence-electron chi connectivity index (χ4n) is 2.38. The van der Waals surface area contributed by atoms with E-state index in [-0.39, 0.29) is 10.8 Å². The third-order valence-electron chi connectivity index (χ3n) is 3.86. The molecule has 132 valence electrons. The van der Waals surface area contributed by atoms with Crippen molar-refractivity contribution in [1.82, 2.24) is 0 Å². The van der Waals surface area contributed by atoms with Gasteiger partial charge in [-0.1, -0.05) is 64.4 Å². The molecule has 0 aromatic heterocycles. The molecule has 0 saturated heterocycles. The minimum Gasteiger partial charge on any atom is -0.328 e. The molecule has 2 aromatic carbocycles. The molecule has 0 heterocycles. The van der Waals surface area contributed by atoms with Crippen LogP contribution in [0.1, 0.15) is 52.7 Å². The molecule has 0 atom stereocenters. The molecule has 2 aromatic rings. The second-order valence-electron chi connectivity index (χ2n) is 7.98. The summed E-state index contributed by atoms with van der Waals surface area (Å²) in [4.78, 5) is 5.26. The zero-order valence-electron chi connectivity index (χ0n) is 14.8. The van der Waals surface area contributed by atoms with Gasteiger partial charge in [0.25, 0.3) is 0 Å². The van der Waals surface area contributed by atoms with E-state index >= 15 is 0 Å². The quantitative estimate of drug-likeness (QED) is 0.313. The molecule has 2 rings (SSSR count). The molecule has 0 amide bonds. The Hall–Kier alpha value is -0.730. The molecule has 24 heavy (non-hydrogen) atoms. The summed E-state index contributed by atoms with van der Waals surface area (Å²) in [6.07, 6.45) is -3.79. The highest BCUT2D eigenvalue weighted by molar-refractivity contribution is 8.05. The molecule has 6 heteroatoms. The predicted molar refractivity (Wildman–Crippen MR) is 102 cm³/mol. The highest BCUT2D eigenvalue weighted by Crippen LogP contribution is 2.57. The molecule has 0 N–H and O–H groups in total. The highest BCUT2D eigenvalue weighted by atomic mass is 35.9. The fourth-order valence-corrected chi connectivity index (χ4v) is 2.71. The molecule has 0 radical (unpaired) electrons. The van der Waals surface area contributed by atoms with Gasteiger partial charge in [-0.15, -0.1) is 0 Å². The van der Waals surface area contributed by atoms with Crippen molar-refractivity contribution < 1.29 is 14.1 Å². The normalized spacial score (nSPS) is 13.3. The Kier molecular flexibility index (Phi) is 5.33. The molecule has 0 aliphatic rings. The molecular weight excluding hydrogens is 366 g/mol. The maximum absolute atomic E-state index is 11.4. The van der Waals surface area contributed by atoms with Crippen molar-refractivity contribution in [3.63, 3.8) is 0 Å². The smallest absolute Gasteiger partial charge is 0.328 e. The van der Waals surface area contributed by atoms with Gasteiger partial charge in [-0.3, -0.25) is 4.57 Å². The Balaban J connectivity index is 2.65. The summed E-state index contributed by atoms with van der Waals surface area (Å²) in [5.41, 5.74) is 2.13. The van der Waals surface area contributed by atoms with Gasteiger partial charge in [-0.05, 0) is 62.0 Å². The lowest BCUT2D eigenvalue weighted by Crippen LogP contribution is -2.12. The third-order valence-corrected chi connectivity index (χ3v) is 4.45. The number of halogens is 2. The summed E-state index contributed by atoms with van der Waals surface area (Å²) in [5.74, 6) is 0.449. The Labute approximate surface area is 153 Å². The van der Waals surface area contributed by atoms with Crippen molar-refractivity contribution in [3.05, 3.63) is 41.5 Å².